The van der Waals surface area contributed by atoms with Crippen LogP contribution in [-0.4, -0.2) is 30.7 Å². The van der Waals surface area contributed by atoms with Crippen LogP contribution in [0.1, 0.15) is 11.1 Å². The highest BCUT2D eigenvalue weighted by atomic mass is 35.5. The number of nitriles is 1. The smallest absolute Gasteiger partial charge is 0.273 e. The summed E-state index contributed by atoms with van der Waals surface area (Å²) in [7, 11) is 1.51. The van der Waals surface area contributed by atoms with Crippen LogP contribution in [0.25, 0.3) is 17.3 Å². The molecule has 164 valence electrons. The molecular weight excluding hydrogens is 469 g/mol. The maximum Gasteiger partial charge on any atom is 0.273 e. The Labute approximate surface area is 198 Å². The van der Waals surface area contributed by atoms with Crippen molar-refractivity contribution in [2.45, 2.75) is 6.92 Å². The van der Waals surface area contributed by atoms with Crippen molar-refractivity contribution in [2.24, 2.45) is 0 Å². The highest BCUT2D eigenvalue weighted by molar-refractivity contribution is 7.07. The van der Waals surface area contributed by atoms with Crippen molar-refractivity contribution in [3.8, 4) is 11.8 Å². The third kappa shape index (κ3) is 4.95. The van der Waals surface area contributed by atoms with Crippen LogP contribution in [0.3, 0.4) is 0 Å². The summed E-state index contributed by atoms with van der Waals surface area (Å²) in [5.41, 5.74) is 1.43. The van der Waals surface area contributed by atoms with Crippen LogP contribution < -0.4 is 20.1 Å². The van der Waals surface area contributed by atoms with E-state index in [1.165, 1.54) is 11.7 Å². The lowest BCUT2D eigenvalue weighted by atomic mass is 10.2. The molecule has 0 fully saturated rings. The van der Waals surface area contributed by atoms with E-state index >= 15 is 0 Å². The van der Waals surface area contributed by atoms with Gasteiger partial charge in [-0.15, -0.1) is 11.3 Å². The second kappa shape index (κ2) is 10.6. The van der Waals surface area contributed by atoms with Crippen molar-refractivity contribution in [3.05, 3.63) is 83.2 Å². The molecule has 0 atom stereocenters. The van der Waals surface area contributed by atoms with Crippen molar-refractivity contribution in [1.29, 1.82) is 5.26 Å². The van der Waals surface area contributed by atoms with Crippen molar-refractivity contribution >= 4 is 52.1 Å². The van der Waals surface area contributed by atoms with Crippen LogP contribution >= 0.6 is 34.5 Å². The minimum Gasteiger partial charge on any atom is -0.383 e. The van der Waals surface area contributed by atoms with Crippen LogP contribution in [0.5, 0.6) is 0 Å². The number of benzene rings is 2. The van der Waals surface area contributed by atoms with Gasteiger partial charge in [0.2, 0.25) is 0 Å². The number of rotatable bonds is 6. The molecular formula is C23H19Cl2N3O3S. The second-order valence-corrected chi connectivity index (χ2v) is 8.54. The Morgan fingerprint density at radius 2 is 2.00 bits per heavy atom. The molecule has 32 heavy (non-hydrogen) atoms. The van der Waals surface area contributed by atoms with E-state index in [-0.39, 0.29) is 22.3 Å². The van der Waals surface area contributed by atoms with Crippen LogP contribution in [0.2, 0.25) is 10.0 Å². The number of carbonyl (C=O) groups is 1. The second-order valence-electron chi connectivity index (χ2n) is 6.72. The van der Waals surface area contributed by atoms with E-state index in [4.69, 9.17) is 27.9 Å². The van der Waals surface area contributed by atoms with E-state index < -0.39 is 5.91 Å². The first-order valence-electron chi connectivity index (χ1n) is 9.54. The zero-order valence-electron chi connectivity index (χ0n) is 17.3. The molecule has 0 aliphatic heterocycles. The van der Waals surface area contributed by atoms with Crippen LogP contribution in [0.15, 0.2) is 47.3 Å². The van der Waals surface area contributed by atoms with Gasteiger partial charge in [0.15, 0.2) is 5.57 Å². The third-order valence-corrected chi connectivity index (χ3v) is 6.52. The van der Waals surface area contributed by atoms with Crippen LogP contribution in [0, 0.1) is 18.3 Å². The summed E-state index contributed by atoms with van der Waals surface area (Å²) in [4.78, 5) is 26.1. The van der Waals surface area contributed by atoms with Crippen molar-refractivity contribution in [1.82, 2.24) is 9.88 Å². The number of nitrogens with one attached hydrogen (secondary N) is 1. The van der Waals surface area contributed by atoms with Crippen molar-refractivity contribution in [3.63, 3.8) is 0 Å². The number of halogens is 2. The van der Waals surface area contributed by atoms with Gasteiger partial charge >= 0.3 is 0 Å². The number of ether oxygens (including phenoxy) is 1. The van der Waals surface area contributed by atoms with Gasteiger partial charge in [-0.1, -0.05) is 53.5 Å². The number of nitrogens with zero attached hydrogens (tertiary/aromatic N) is 2. The fraction of sp³-hybridized carbons (Fsp3) is 0.174. The van der Waals surface area contributed by atoms with E-state index in [1.807, 2.05) is 25.1 Å². The van der Waals surface area contributed by atoms with Gasteiger partial charge in [-0.2, -0.15) is 5.26 Å². The molecule has 0 radical (unpaired) electrons. The highest BCUT2D eigenvalue weighted by Gasteiger charge is 2.17. The summed E-state index contributed by atoms with van der Waals surface area (Å²) in [5.74, 6) is -0.583. The molecule has 2 aromatic carbocycles. The molecule has 1 N–H and O–H groups in total. The first-order chi connectivity index (χ1) is 15.4. The lowest BCUT2D eigenvalue weighted by molar-refractivity contribution is -0.115. The number of aryl methyl sites for hydroxylation is 1. The molecule has 1 aromatic heterocycles. The van der Waals surface area contributed by atoms with Gasteiger partial charge in [-0.3, -0.25) is 14.2 Å². The SMILES string of the molecule is COCCNC(=O)/C(C#N)=c1\s/c(=C\c2cccc(Cl)c2Cl)c(=O)n1-c1ccccc1C. The Balaban J connectivity index is 2.35. The van der Waals surface area contributed by atoms with E-state index in [0.717, 1.165) is 16.9 Å². The summed E-state index contributed by atoms with van der Waals surface area (Å²) >= 11 is 13.4. The molecule has 9 heteroatoms. The summed E-state index contributed by atoms with van der Waals surface area (Å²) in [5, 5.41) is 13.1. The Morgan fingerprint density at radius 3 is 2.69 bits per heavy atom. The lowest BCUT2D eigenvalue weighted by Gasteiger charge is -2.07. The monoisotopic (exact) mass is 487 g/mol. The van der Waals surface area contributed by atoms with Gasteiger partial charge in [0, 0.05) is 13.7 Å². The third-order valence-electron chi connectivity index (χ3n) is 4.59. The normalized spacial score (nSPS) is 12.4. The maximum absolute atomic E-state index is 13.4. The summed E-state index contributed by atoms with van der Waals surface area (Å²) in [6.45, 7) is 2.38. The molecule has 0 aliphatic rings. The van der Waals surface area contributed by atoms with Gasteiger partial charge in [-0.25, -0.2) is 0 Å². The molecule has 0 saturated carbocycles. The molecule has 0 bridgehead atoms. The van der Waals surface area contributed by atoms with Gasteiger partial charge in [0.05, 0.1) is 26.9 Å². The number of methoxy groups -OCH3 is 1. The predicted octanol–water partition coefficient (Wildman–Crippen LogP) is 2.78. The number of hydrogen-bond acceptors (Lipinski definition) is 5. The zero-order chi connectivity index (χ0) is 23.3. The quantitative estimate of drug-likeness (QED) is 0.541. The largest absolute Gasteiger partial charge is 0.383 e. The fourth-order valence-electron chi connectivity index (χ4n) is 3.01. The molecule has 0 spiro atoms. The Morgan fingerprint density at radius 1 is 1.25 bits per heavy atom. The first kappa shape index (κ1) is 23.8. The topological polar surface area (TPSA) is 84.1 Å². The van der Waals surface area contributed by atoms with Gasteiger partial charge in [0.1, 0.15) is 10.7 Å². The standard InChI is InChI=1S/C23H19Cl2N3O3S/c1-14-6-3-4-9-18(14)28-22(30)19(12-15-7-5-8-17(24)20(15)25)32-23(28)16(13-26)21(29)27-10-11-31-2/h3-9,12H,10-11H2,1-2H3,(H,27,29)/b19-12-,23-16-. The van der Waals surface area contributed by atoms with Gasteiger partial charge < -0.3 is 10.1 Å². The highest BCUT2D eigenvalue weighted by Crippen LogP contribution is 2.25. The minimum atomic E-state index is -0.583. The molecule has 6 nitrogen and oxygen atoms in total. The Bertz CT molecular complexity index is 1390. The van der Waals surface area contributed by atoms with E-state index in [9.17, 15) is 14.9 Å². The average Bonchev–Trinajstić information content (AvgIpc) is 3.08. The zero-order valence-corrected chi connectivity index (χ0v) is 19.6. The summed E-state index contributed by atoms with van der Waals surface area (Å²) < 4.78 is 6.87. The predicted molar refractivity (Wildman–Crippen MR) is 128 cm³/mol. The van der Waals surface area contributed by atoms with Crippen LogP contribution in [-0.2, 0) is 9.53 Å². The maximum atomic E-state index is 13.4. The number of thiazole rings is 1. The minimum absolute atomic E-state index is 0.164. The number of carbonyl (C=O) groups excluding carboxylic acids is 1. The van der Waals surface area contributed by atoms with Gasteiger partial charge in [-0.05, 0) is 36.3 Å². The van der Waals surface area contributed by atoms with Crippen molar-refractivity contribution in [2.75, 3.05) is 20.3 Å². The summed E-state index contributed by atoms with van der Waals surface area (Å²) in [6, 6.07) is 14.3. The molecule has 3 rings (SSSR count). The van der Waals surface area contributed by atoms with E-state index in [1.54, 1.807) is 36.4 Å². The number of aromatic nitrogens is 1. The van der Waals surface area contributed by atoms with Crippen molar-refractivity contribution < 1.29 is 9.53 Å². The molecule has 0 aliphatic carbocycles. The Kier molecular flexibility index (Phi) is 7.89. The number of amides is 1. The summed E-state index contributed by atoms with van der Waals surface area (Å²) in [6.07, 6.45) is 1.61. The van der Waals surface area contributed by atoms with Gasteiger partial charge in [0.25, 0.3) is 11.5 Å². The fourth-order valence-corrected chi connectivity index (χ4v) is 4.46. The molecule has 0 saturated heterocycles. The lowest BCUT2D eigenvalue weighted by Crippen LogP contribution is -2.35. The number of para-hydroxylation sites is 1. The first-order valence-corrected chi connectivity index (χ1v) is 11.1. The van der Waals surface area contributed by atoms with Crippen LogP contribution in [0.4, 0.5) is 0 Å². The average molecular weight is 488 g/mol. The number of hydrogen-bond donors (Lipinski definition) is 1. The molecule has 1 amide bonds. The molecule has 1 heterocycles. The molecule has 3 aromatic rings. The Hall–Kier alpha value is -2.89. The van der Waals surface area contributed by atoms with E-state index in [0.29, 0.717) is 32.4 Å². The molecule has 0 unspecified atom stereocenters. The van der Waals surface area contributed by atoms with E-state index in [2.05, 4.69) is 5.32 Å².